The molecule has 1 aliphatic rings. The van der Waals surface area contributed by atoms with E-state index in [4.69, 9.17) is 9.47 Å². The summed E-state index contributed by atoms with van der Waals surface area (Å²) in [4.78, 5) is 0. The summed E-state index contributed by atoms with van der Waals surface area (Å²) in [6.07, 6.45) is 2.11. The number of hydrogen-bond acceptors (Lipinski definition) is 3. The Balaban J connectivity index is 1.97. The lowest BCUT2D eigenvalue weighted by Crippen LogP contribution is -2.31. The summed E-state index contributed by atoms with van der Waals surface area (Å²) in [5.41, 5.74) is 2.84. The van der Waals surface area contributed by atoms with E-state index < -0.39 is 0 Å². The zero-order chi connectivity index (χ0) is 12.3. The predicted molar refractivity (Wildman–Crippen MR) is 71.0 cm³/mol. The summed E-state index contributed by atoms with van der Waals surface area (Å²) in [6.45, 7) is 0.715. The Kier molecular flexibility index (Phi) is 4.56. The number of hydrogen-bond donors (Lipinski definition) is 1. The van der Waals surface area contributed by atoms with Crippen molar-refractivity contribution in [1.82, 2.24) is 5.32 Å². The molecule has 0 bridgehead atoms. The van der Waals surface area contributed by atoms with Gasteiger partial charge in [0.2, 0.25) is 0 Å². The van der Waals surface area contributed by atoms with Gasteiger partial charge in [-0.05, 0) is 36.1 Å². The molecule has 1 aromatic carbocycles. The van der Waals surface area contributed by atoms with Gasteiger partial charge in [-0.25, -0.2) is 0 Å². The molecule has 1 N–H and O–H groups in total. The highest BCUT2D eigenvalue weighted by atomic mass is 79.9. The first-order valence-electron chi connectivity index (χ1n) is 5.82. The molecule has 0 saturated heterocycles. The maximum Gasteiger partial charge on any atom is 0.169 e. The number of methoxy groups -OCH3 is 2. The molecule has 1 unspecified atom stereocenters. The van der Waals surface area contributed by atoms with E-state index in [0.29, 0.717) is 12.6 Å². The minimum Gasteiger partial charge on any atom is -0.355 e. The number of rotatable bonds is 5. The average molecular weight is 300 g/mol. The molecule has 17 heavy (non-hydrogen) atoms. The number of aryl methyl sites for hydroxylation is 1. The molecule has 0 fully saturated rings. The van der Waals surface area contributed by atoms with Crippen LogP contribution >= 0.6 is 15.9 Å². The van der Waals surface area contributed by atoms with E-state index in [2.05, 4.69) is 39.4 Å². The second-order valence-electron chi connectivity index (χ2n) is 4.24. The number of fused-ring (bicyclic) bond motifs is 1. The van der Waals surface area contributed by atoms with Crippen molar-refractivity contribution in [3.05, 3.63) is 33.8 Å². The Morgan fingerprint density at radius 3 is 2.88 bits per heavy atom. The molecule has 1 atom stereocenters. The molecule has 1 aliphatic carbocycles. The molecule has 94 valence electrons. The highest BCUT2D eigenvalue weighted by Gasteiger charge is 2.22. The molecule has 0 amide bonds. The van der Waals surface area contributed by atoms with Crippen molar-refractivity contribution < 1.29 is 9.47 Å². The van der Waals surface area contributed by atoms with E-state index in [1.54, 1.807) is 14.2 Å². The third-order valence-electron chi connectivity index (χ3n) is 3.24. The standard InChI is InChI=1S/C13H18BrNO2/c1-16-13(17-2)8-15-12-6-3-9-7-10(14)4-5-11(9)12/h4-5,7,12-13,15H,3,6,8H2,1-2H3. The Morgan fingerprint density at radius 1 is 1.41 bits per heavy atom. The minimum absolute atomic E-state index is 0.172. The Bertz CT molecular complexity index is 380. The van der Waals surface area contributed by atoms with Crippen LogP contribution in [0.15, 0.2) is 22.7 Å². The zero-order valence-corrected chi connectivity index (χ0v) is 11.8. The molecule has 2 rings (SSSR count). The summed E-state index contributed by atoms with van der Waals surface area (Å²) < 4.78 is 11.5. The number of halogens is 1. The first-order chi connectivity index (χ1) is 8.24. The highest BCUT2D eigenvalue weighted by molar-refractivity contribution is 9.10. The van der Waals surface area contributed by atoms with Crippen LogP contribution < -0.4 is 5.32 Å². The van der Waals surface area contributed by atoms with Crippen molar-refractivity contribution in [2.45, 2.75) is 25.2 Å². The van der Waals surface area contributed by atoms with Gasteiger partial charge in [-0.15, -0.1) is 0 Å². The largest absolute Gasteiger partial charge is 0.355 e. The van der Waals surface area contributed by atoms with Gasteiger partial charge in [-0.2, -0.15) is 0 Å². The Hall–Kier alpha value is -0.420. The van der Waals surface area contributed by atoms with E-state index in [-0.39, 0.29) is 6.29 Å². The van der Waals surface area contributed by atoms with Gasteiger partial charge in [0.15, 0.2) is 6.29 Å². The van der Waals surface area contributed by atoms with Crippen LogP contribution in [-0.2, 0) is 15.9 Å². The number of benzene rings is 1. The van der Waals surface area contributed by atoms with E-state index in [9.17, 15) is 0 Å². The third kappa shape index (κ3) is 3.07. The van der Waals surface area contributed by atoms with Crippen LogP contribution in [0.2, 0.25) is 0 Å². The van der Waals surface area contributed by atoms with Crippen molar-refractivity contribution >= 4 is 15.9 Å². The molecule has 0 heterocycles. The van der Waals surface area contributed by atoms with Crippen LogP contribution in [0.4, 0.5) is 0 Å². The van der Waals surface area contributed by atoms with Crippen molar-refractivity contribution in [1.29, 1.82) is 0 Å². The van der Waals surface area contributed by atoms with Gasteiger partial charge in [-0.1, -0.05) is 22.0 Å². The van der Waals surface area contributed by atoms with Crippen LogP contribution in [0.1, 0.15) is 23.6 Å². The molecule has 0 radical (unpaired) electrons. The summed E-state index contributed by atoms with van der Waals surface area (Å²) in [7, 11) is 3.32. The SMILES string of the molecule is COC(CNC1CCc2cc(Br)ccc21)OC. The molecule has 0 spiro atoms. The highest BCUT2D eigenvalue weighted by Crippen LogP contribution is 2.32. The molecular weight excluding hydrogens is 282 g/mol. The fraction of sp³-hybridized carbons (Fsp3) is 0.538. The van der Waals surface area contributed by atoms with Gasteiger partial charge in [-0.3, -0.25) is 0 Å². The summed E-state index contributed by atoms with van der Waals surface area (Å²) in [5.74, 6) is 0. The van der Waals surface area contributed by atoms with Crippen LogP contribution in [0, 0.1) is 0 Å². The van der Waals surface area contributed by atoms with Crippen LogP contribution in [0.3, 0.4) is 0 Å². The van der Waals surface area contributed by atoms with Crippen LogP contribution in [0.25, 0.3) is 0 Å². The van der Waals surface area contributed by atoms with E-state index in [1.165, 1.54) is 11.1 Å². The fourth-order valence-electron chi connectivity index (χ4n) is 2.30. The molecule has 0 aromatic heterocycles. The number of ether oxygens (including phenoxy) is 2. The van der Waals surface area contributed by atoms with E-state index >= 15 is 0 Å². The molecule has 1 aromatic rings. The van der Waals surface area contributed by atoms with Gasteiger partial charge in [0.05, 0.1) is 0 Å². The second-order valence-corrected chi connectivity index (χ2v) is 5.16. The average Bonchev–Trinajstić information content (AvgIpc) is 2.73. The van der Waals surface area contributed by atoms with Gasteiger partial charge in [0.25, 0.3) is 0 Å². The van der Waals surface area contributed by atoms with Crippen molar-refractivity contribution in [3.8, 4) is 0 Å². The van der Waals surface area contributed by atoms with Crippen LogP contribution in [-0.4, -0.2) is 27.1 Å². The Labute approximate surface area is 111 Å². The van der Waals surface area contributed by atoms with E-state index in [1.807, 2.05) is 0 Å². The fourth-order valence-corrected chi connectivity index (χ4v) is 2.71. The third-order valence-corrected chi connectivity index (χ3v) is 3.73. The van der Waals surface area contributed by atoms with Gasteiger partial charge < -0.3 is 14.8 Å². The summed E-state index contributed by atoms with van der Waals surface area (Å²) in [6, 6.07) is 6.92. The molecule has 0 aliphatic heterocycles. The maximum absolute atomic E-state index is 5.17. The Morgan fingerprint density at radius 2 is 2.18 bits per heavy atom. The van der Waals surface area contributed by atoms with Gasteiger partial charge >= 0.3 is 0 Å². The van der Waals surface area contributed by atoms with E-state index in [0.717, 1.165) is 17.3 Å². The van der Waals surface area contributed by atoms with Gasteiger partial charge in [0, 0.05) is 31.3 Å². The minimum atomic E-state index is -0.172. The lowest BCUT2D eigenvalue weighted by molar-refractivity contribution is -0.0999. The smallest absolute Gasteiger partial charge is 0.169 e. The van der Waals surface area contributed by atoms with Crippen molar-refractivity contribution in [2.24, 2.45) is 0 Å². The van der Waals surface area contributed by atoms with Crippen LogP contribution in [0.5, 0.6) is 0 Å². The predicted octanol–water partition coefficient (Wildman–Crippen LogP) is 2.64. The number of nitrogens with one attached hydrogen (secondary N) is 1. The monoisotopic (exact) mass is 299 g/mol. The maximum atomic E-state index is 5.17. The molecule has 4 heteroatoms. The molecular formula is C13H18BrNO2. The van der Waals surface area contributed by atoms with Crippen molar-refractivity contribution in [2.75, 3.05) is 20.8 Å². The molecule has 0 saturated carbocycles. The topological polar surface area (TPSA) is 30.5 Å². The summed E-state index contributed by atoms with van der Waals surface area (Å²) in [5, 5.41) is 3.49. The second kappa shape index (κ2) is 5.96. The normalized spacial score (nSPS) is 18.7. The lowest BCUT2D eigenvalue weighted by Gasteiger charge is -2.18. The lowest BCUT2D eigenvalue weighted by atomic mass is 10.1. The first-order valence-corrected chi connectivity index (χ1v) is 6.61. The quantitative estimate of drug-likeness (QED) is 0.848. The molecule has 3 nitrogen and oxygen atoms in total. The zero-order valence-electron chi connectivity index (χ0n) is 10.2. The summed E-state index contributed by atoms with van der Waals surface area (Å²) >= 11 is 3.51. The van der Waals surface area contributed by atoms with Crippen molar-refractivity contribution in [3.63, 3.8) is 0 Å². The van der Waals surface area contributed by atoms with Gasteiger partial charge in [0.1, 0.15) is 0 Å². The first kappa shape index (κ1) is 13.0.